The van der Waals surface area contributed by atoms with Crippen molar-refractivity contribution in [3.05, 3.63) is 32.2 Å². The molecular weight excluding hydrogens is 286 g/mol. The lowest BCUT2D eigenvalue weighted by atomic mass is 10.2. The molecule has 0 unspecified atom stereocenters. The average Bonchev–Trinajstić information content (AvgIpc) is 2.03. The van der Waals surface area contributed by atoms with Gasteiger partial charge >= 0.3 is 0 Å². The second kappa shape index (κ2) is 3.83. The molecule has 0 saturated carbocycles. The van der Waals surface area contributed by atoms with Gasteiger partial charge in [0, 0.05) is 14.5 Å². The van der Waals surface area contributed by atoms with Crippen molar-refractivity contribution in [2.75, 3.05) is 0 Å². The molecule has 2 nitrogen and oxygen atoms in total. The predicted molar refractivity (Wildman–Crippen MR) is 51.9 cm³/mol. The summed E-state index contributed by atoms with van der Waals surface area (Å²) >= 11 is 6.37. The lowest BCUT2D eigenvalue weighted by Crippen LogP contribution is -1.86. The van der Waals surface area contributed by atoms with E-state index >= 15 is 0 Å². The van der Waals surface area contributed by atoms with Gasteiger partial charge in [0.2, 0.25) is 0 Å². The van der Waals surface area contributed by atoms with Crippen LogP contribution in [0.15, 0.2) is 21.1 Å². The smallest absolute Gasteiger partial charge is 0.152 e. The molecule has 0 bridgehead atoms. The van der Waals surface area contributed by atoms with E-state index in [4.69, 9.17) is 5.26 Å². The quantitative estimate of drug-likeness (QED) is 0.746. The van der Waals surface area contributed by atoms with Crippen molar-refractivity contribution < 1.29 is 4.79 Å². The molecule has 1 rings (SSSR count). The SMILES string of the molecule is N#Cc1cc(Br)c(C=O)c(Br)c1. The second-order valence-electron chi connectivity index (χ2n) is 2.08. The number of hydrogen-bond donors (Lipinski definition) is 0. The Hall–Kier alpha value is -0.660. The van der Waals surface area contributed by atoms with E-state index in [9.17, 15) is 4.79 Å². The molecule has 0 saturated heterocycles. The minimum absolute atomic E-state index is 0.513. The number of hydrogen-bond acceptors (Lipinski definition) is 2. The Balaban J connectivity index is 3.39. The van der Waals surface area contributed by atoms with Crippen LogP contribution in [0.2, 0.25) is 0 Å². The lowest BCUT2D eigenvalue weighted by Gasteiger charge is -1.99. The number of carbonyl (C=O) groups is 1. The first kappa shape index (κ1) is 9.43. The summed E-state index contributed by atoms with van der Waals surface area (Å²) < 4.78 is 1.26. The van der Waals surface area contributed by atoms with E-state index in [0.29, 0.717) is 20.1 Å². The van der Waals surface area contributed by atoms with E-state index in [1.807, 2.05) is 6.07 Å². The van der Waals surface area contributed by atoms with Crippen LogP contribution in [0.3, 0.4) is 0 Å². The van der Waals surface area contributed by atoms with Gasteiger partial charge in [0.15, 0.2) is 6.29 Å². The third kappa shape index (κ3) is 1.74. The number of rotatable bonds is 1. The molecule has 0 amide bonds. The summed E-state index contributed by atoms with van der Waals surface area (Å²) in [7, 11) is 0. The molecule has 1 aromatic rings. The molecule has 0 radical (unpaired) electrons. The maximum atomic E-state index is 10.5. The van der Waals surface area contributed by atoms with Gasteiger partial charge in [0.1, 0.15) is 0 Å². The molecular formula is C8H3Br2NO. The van der Waals surface area contributed by atoms with Crippen LogP contribution in [0.4, 0.5) is 0 Å². The predicted octanol–water partition coefficient (Wildman–Crippen LogP) is 2.90. The van der Waals surface area contributed by atoms with Crippen molar-refractivity contribution in [1.29, 1.82) is 5.26 Å². The number of halogens is 2. The van der Waals surface area contributed by atoms with Crippen LogP contribution in [0.25, 0.3) is 0 Å². The van der Waals surface area contributed by atoms with Gasteiger partial charge < -0.3 is 0 Å². The number of carbonyl (C=O) groups excluding carboxylic acids is 1. The number of nitriles is 1. The largest absolute Gasteiger partial charge is 0.298 e. The van der Waals surface area contributed by atoms with Gasteiger partial charge in [-0.1, -0.05) is 0 Å². The molecule has 0 N–H and O–H groups in total. The summed E-state index contributed by atoms with van der Waals surface area (Å²) in [4.78, 5) is 10.5. The summed E-state index contributed by atoms with van der Waals surface area (Å²) in [5, 5.41) is 8.57. The van der Waals surface area contributed by atoms with Crippen molar-refractivity contribution in [3.8, 4) is 6.07 Å². The summed E-state index contributed by atoms with van der Waals surface area (Å²) in [5.74, 6) is 0. The van der Waals surface area contributed by atoms with Crippen LogP contribution in [0.1, 0.15) is 15.9 Å². The van der Waals surface area contributed by atoms with Crippen LogP contribution in [-0.2, 0) is 0 Å². The van der Waals surface area contributed by atoms with Gasteiger partial charge in [-0.3, -0.25) is 4.79 Å². The van der Waals surface area contributed by atoms with Crippen LogP contribution >= 0.6 is 31.9 Å². The van der Waals surface area contributed by atoms with Crippen LogP contribution in [0.5, 0.6) is 0 Å². The maximum absolute atomic E-state index is 10.5. The van der Waals surface area contributed by atoms with Gasteiger partial charge in [0.25, 0.3) is 0 Å². The zero-order chi connectivity index (χ0) is 9.14. The molecule has 0 aliphatic rings. The van der Waals surface area contributed by atoms with E-state index in [0.717, 1.165) is 6.29 Å². The van der Waals surface area contributed by atoms with Crippen molar-refractivity contribution in [3.63, 3.8) is 0 Å². The molecule has 0 heterocycles. The lowest BCUT2D eigenvalue weighted by molar-refractivity contribution is 0.112. The number of nitrogens with zero attached hydrogens (tertiary/aromatic N) is 1. The first-order chi connectivity index (χ1) is 5.69. The summed E-state index contributed by atoms with van der Waals surface area (Å²) in [6.07, 6.45) is 0.731. The Morgan fingerprint density at radius 1 is 1.33 bits per heavy atom. The second-order valence-corrected chi connectivity index (χ2v) is 3.79. The molecule has 60 valence electrons. The van der Waals surface area contributed by atoms with Gasteiger partial charge in [-0.25, -0.2) is 0 Å². The van der Waals surface area contributed by atoms with E-state index in [1.165, 1.54) is 0 Å². The van der Waals surface area contributed by atoms with Gasteiger partial charge in [0.05, 0.1) is 11.6 Å². The zero-order valence-electron chi connectivity index (χ0n) is 5.84. The molecule has 0 aliphatic carbocycles. The van der Waals surface area contributed by atoms with Crippen LogP contribution in [0, 0.1) is 11.3 Å². The Morgan fingerprint density at radius 3 is 2.17 bits per heavy atom. The minimum atomic E-state index is 0.513. The molecule has 12 heavy (non-hydrogen) atoms. The molecule has 0 aromatic heterocycles. The number of aldehydes is 1. The highest BCUT2D eigenvalue weighted by atomic mass is 79.9. The fourth-order valence-corrected chi connectivity index (χ4v) is 2.13. The molecule has 0 fully saturated rings. The zero-order valence-corrected chi connectivity index (χ0v) is 9.02. The molecule has 0 aliphatic heterocycles. The summed E-state index contributed by atoms with van der Waals surface area (Å²) in [5.41, 5.74) is 1.04. The van der Waals surface area contributed by atoms with E-state index in [1.54, 1.807) is 12.1 Å². The first-order valence-electron chi connectivity index (χ1n) is 3.03. The third-order valence-corrected chi connectivity index (χ3v) is 2.64. The van der Waals surface area contributed by atoms with Crippen molar-refractivity contribution in [2.24, 2.45) is 0 Å². The Morgan fingerprint density at radius 2 is 1.83 bits per heavy atom. The monoisotopic (exact) mass is 287 g/mol. The summed E-state index contributed by atoms with van der Waals surface area (Å²) in [6.45, 7) is 0. The van der Waals surface area contributed by atoms with Gasteiger partial charge in [-0.05, 0) is 44.0 Å². The fourth-order valence-electron chi connectivity index (χ4n) is 0.761. The Kier molecular flexibility index (Phi) is 3.01. The van der Waals surface area contributed by atoms with Crippen molar-refractivity contribution in [1.82, 2.24) is 0 Å². The highest BCUT2D eigenvalue weighted by molar-refractivity contribution is 9.11. The van der Waals surface area contributed by atoms with E-state index in [-0.39, 0.29) is 0 Å². The van der Waals surface area contributed by atoms with E-state index < -0.39 is 0 Å². The topological polar surface area (TPSA) is 40.9 Å². The average molecular weight is 289 g/mol. The standard InChI is InChI=1S/C8H3Br2NO/c9-7-1-5(3-11)2-8(10)6(7)4-12/h1-2,4H. The summed E-state index contributed by atoms with van der Waals surface area (Å²) in [6, 6.07) is 5.20. The van der Waals surface area contributed by atoms with Gasteiger partial charge in [-0.2, -0.15) is 5.26 Å². The Labute approximate surface area is 86.5 Å². The molecule has 4 heteroatoms. The maximum Gasteiger partial charge on any atom is 0.152 e. The van der Waals surface area contributed by atoms with Gasteiger partial charge in [-0.15, -0.1) is 0 Å². The van der Waals surface area contributed by atoms with Crippen LogP contribution < -0.4 is 0 Å². The molecule has 0 atom stereocenters. The van der Waals surface area contributed by atoms with Crippen molar-refractivity contribution >= 4 is 38.1 Å². The fraction of sp³-hybridized carbons (Fsp3) is 0. The minimum Gasteiger partial charge on any atom is -0.298 e. The third-order valence-electron chi connectivity index (χ3n) is 1.33. The number of benzene rings is 1. The highest BCUT2D eigenvalue weighted by Gasteiger charge is 2.05. The highest BCUT2D eigenvalue weighted by Crippen LogP contribution is 2.25. The van der Waals surface area contributed by atoms with Crippen molar-refractivity contribution in [2.45, 2.75) is 0 Å². The van der Waals surface area contributed by atoms with Crippen LogP contribution in [-0.4, -0.2) is 6.29 Å². The first-order valence-corrected chi connectivity index (χ1v) is 4.62. The van der Waals surface area contributed by atoms with E-state index in [2.05, 4.69) is 31.9 Å². The molecule has 1 aromatic carbocycles. The normalized spacial score (nSPS) is 9.08. The molecule has 0 spiro atoms. The Bertz CT molecular complexity index is 345.